The monoisotopic (exact) mass is 287 g/mol. The molecule has 1 fully saturated rings. The van der Waals surface area contributed by atoms with Gasteiger partial charge in [-0.05, 0) is 18.6 Å². The molecule has 2 rings (SSSR count). The molecule has 1 amide bonds. The van der Waals surface area contributed by atoms with Crippen molar-refractivity contribution in [2.75, 3.05) is 17.2 Å². The number of carbonyl (C=O) groups is 1. The molecule has 1 N–H and O–H groups in total. The van der Waals surface area contributed by atoms with Gasteiger partial charge in [0.05, 0.1) is 5.75 Å². The van der Waals surface area contributed by atoms with E-state index in [0.29, 0.717) is 11.3 Å². The average Bonchev–Trinajstić information content (AvgIpc) is 2.61. The van der Waals surface area contributed by atoms with Gasteiger partial charge in [0.1, 0.15) is 5.75 Å². The van der Waals surface area contributed by atoms with Gasteiger partial charge in [0.25, 0.3) is 0 Å². The van der Waals surface area contributed by atoms with Crippen molar-refractivity contribution in [1.29, 1.82) is 0 Å². The van der Waals surface area contributed by atoms with E-state index in [0.717, 1.165) is 0 Å². The van der Waals surface area contributed by atoms with Gasteiger partial charge < -0.3 is 10.0 Å². The Morgan fingerprint density at radius 3 is 2.74 bits per heavy atom. The predicted octanol–water partition coefficient (Wildman–Crippen LogP) is 1.35. The van der Waals surface area contributed by atoms with E-state index in [-0.39, 0.29) is 24.6 Å². The molecule has 7 heteroatoms. The number of rotatable bonds is 3. The van der Waals surface area contributed by atoms with E-state index >= 15 is 0 Å². The van der Waals surface area contributed by atoms with E-state index in [2.05, 4.69) is 0 Å². The summed E-state index contributed by atoms with van der Waals surface area (Å²) in [6, 6.07) is 4.77. The van der Waals surface area contributed by atoms with Crippen LogP contribution in [0.1, 0.15) is 12.0 Å². The van der Waals surface area contributed by atoms with Crippen LogP contribution in [-0.2, 0) is 15.0 Å². The summed E-state index contributed by atoms with van der Waals surface area (Å²) in [5.74, 6) is -1.40. The average molecular weight is 287 g/mol. The lowest BCUT2D eigenvalue weighted by Crippen LogP contribution is -2.25. The summed E-state index contributed by atoms with van der Waals surface area (Å²) in [4.78, 5) is 13.2. The van der Waals surface area contributed by atoms with Gasteiger partial charge in [0, 0.05) is 30.6 Å². The van der Waals surface area contributed by atoms with Gasteiger partial charge in [-0.1, -0.05) is 6.07 Å². The van der Waals surface area contributed by atoms with E-state index in [1.807, 2.05) is 0 Å². The molecule has 0 aliphatic carbocycles. The van der Waals surface area contributed by atoms with Crippen molar-refractivity contribution in [1.82, 2.24) is 0 Å². The first-order valence-electron chi connectivity index (χ1n) is 5.78. The smallest absolute Gasteiger partial charge is 0.302 e. The SMILES string of the molecule is Cc1ccc(N2CC(CS(=O)(=O)F)CC2=O)cc1O. The van der Waals surface area contributed by atoms with Crippen LogP contribution in [0.25, 0.3) is 0 Å². The predicted molar refractivity (Wildman–Crippen MR) is 68.2 cm³/mol. The van der Waals surface area contributed by atoms with Crippen LogP contribution >= 0.6 is 0 Å². The first-order valence-corrected chi connectivity index (χ1v) is 7.34. The Balaban J connectivity index is 2.18. The molecule has 1 aliphatic rings. The third-order valence-corrected chi connectivity index (χ3v) is 4.01. The van der Waals surface area contributed by atoms with E-state index < -0.39 is 21.9 Å². The second-order valence-corrected chi connectivity index (χ2v) is 6.16. The highest BCUT2D eigenvalue weighted by atomic mass is 32.3. The number of phenols is 1. The van der Waals surface area contributed by atoms with Gasteiger partial charge in [-0.3, -0.25) is 4.79 Å². The summed E-state index contributed by atoms with van der Waals surface area (Å²) in [5, 5.41) is 9.61. The lowest BCUT2D eigenvalue weighted by molar-refractivity contribution is -0.117. The molecular formula is C12H14FNO4S. The van der Waals surface area contributed by atoms with Crippen LogP contribution in [0.15, 0.2) is 18.2 Å². The van der Waals surface area contributed by atoms with Crippen LogP contribution in [0, 0.1) is 12.8 Å². The highest BCUT2D eigenvalue weighted by Gasteiger charge is 2.33. The Morgan fingerprint density at radius 2 is 2.16 bits per heavy atom. The Morgan fingerprint density at radius 1 is 1.47 bits per heavy atom. The molecule has 19 heavy (non-hydrogen) atoms. The van der Waals surface area contributed by atoms with E-state index in [9.17, 15) is 22.2 Å². The first kappa shape index (κ1) is 13.8. The fourth-order valence-electron chi connectivity index (χ4n) is 2.19. The number of nitrogens with zero attached hydrogens (tertiary/aromatic N) is 1. The summed E-state index contributed by atoms with van der Waals surface area (Å²) in [7, 11) is -4.58. The normalized spacial score (nSPS) is 20.0. The molecule has 1 saturated heterocycles. The minimum absolute atomic E-state index is 0.00219. The van der Waals surface area contributed by atoms with Crippen LogP contribution in [0.2, 0.25) is 0 Å². The highest BCUT2D eigenvalue weighted by molar-refractivity contribution is 7.86. The second kappa shape index (κ2) is 4.80. The number of phenolic OH excluding ortho intramolecular Hbond substituents is 1. The first-order chi connectivity index (χ1) is 8.76. The zero-order chi connectivity index (χ0) is 14.2. The minimum Gasteiger partial charge on any atom is -0.508 e. The number of carbonyl (C=O) groups excluding carboxylic acids is 1. The zero-order valence-corrected chi connectivity index (χ0v) is 11.2. The summed E-state index contributed by atoms with van der Waals surface area (Å²) in [6.07, 6.45) is -0.00219. The van der Waals surface area contributed by atoms with Crippen molar-refractivity contribution in [2.45, 2.75) is 13.3 Å². The molecule has 0 spiro atoms. The highest BCUT2D eigenvalue weighted by Crippen LogP contribution is 2.29. The maximum Gasteiger partial charge on any atom is 0.302 e. The topological polar surface area (TPSA) is 74.7 Å². The molecule has 1 aliphatic heterocycles. The van der Waals surface area contributed by atoms with Crippen molar-refractivity contribution < 1.29 is 22.2 Å². The summed E-state index contributed by atoms with van der Waals surface area (Å²) < 4.78 is 33.8. The maximum atomic E-state index is 12.6. The van der Waals surface area contributed by atoms with E-state index in [4.69, 9.17) is 0 Å². The molecule has 0 aromatic heterocycles. The molecule has 0 saturated carbocycles. The molecule has 0 radical (unpaired) electrons. The number of halogens is 1. The van der Waals surface area contributed by atoms with E-state index in [1.54, 1.807) is 19.1 Å². The molecule has 1 aromatic rings. The number of hydrogen-bond acceptors (Lipinski definition) is 4. The van der Waals surface area contributed by atoms with Gasteiger partial charge >= 0.3 is 10.2 Å². The molecule has 5 nitrogen and oxygen atoms in total. The van der Waals surface area contributed by atoms with Crippen molar-refractivity contribution in [3.8, 4) is 5.75 Å². The van der Waals surface area contributed by atoms with Crippen LogP contribution < -0.4 is 4.90 Å². The van der Waals surface area contributed by atoms with Gasteiger partial charge in [0.15, 0.2) is 0 Å². The molecule has 1 heterocycles. The molecular weight excluding hydrogens is 273 g/mol. The Bertz CT molecular complexity index is 614. The lowest BCUT2D eigenvalue weighted by Gasteiger charge is -2.17. The molecule has 1 aromatic carbocycles. The van der Waals surface area contributed by atoms with Crippen molar-refractivity contribution in [2.24, 2.45) is 5.92 Å². The fourth-order valence-corrected chi connectivity index (χ4v) is 2.98. The zero-order valence-electron chi connectivity index (χ0n) is 10.3. The van der Waals surface area contributed by atoms with E-state index in [1.165, 1.54) is 11.0 Å². The van der Waals surface area contributed by atoms with Gasteiger partial charge in [-0.15, -0.1) is 3.89 Å². The quantitative estimate of drug-likeness (QED) is 0.852. The summed E-state index contributed by atoms with van der Waals surface area (Å²) >= 11 is 0. The van der Waals surface area contributed by atoms with Gasteiger partial charge in [-0.2, -0.15) is 8.42 Å². The third-order valence-electron chi connectivity index (χ3n) is 3.14. The molecule has 1 atom stereocenters. The number of aryl methyl sites for hydroxylation is 1. The van der Waals surface area contributed by atoms with Crippen molar-refractivity contribution >= 4 is 21.8 Å². The van der Waals surface area contributed by atoms with Gasteiger partial charge in [0.2, 0.25) is 5.91 Å². The number of benzene rings is 1. The van der Waals surface area contributed by atoms with Gasteiger partial charge in [-0.25, -0.2) is 0 Å². The van der Waals surface area contributed by atoms with Crippen LogP contribution in [0.3, 0.4) is 0 Å². The molecule has 0 bridgehead atoms. The summed E-state index contributed by atoms with van der Waals surface area (Å²) in [5.41, 5.74) is 1.17. The Hall–Kier alpha value is -1.63. The Kier molecular flexibility index (Phi) is 3.49. The number of anilines is 1. The molecule has 1 unspecified atom stereocenters. The maximum absolute atomic E-state index is 12.6. The van der Waals surface area contributed by atoms with Crippen LogP contribution in [0.4, 0.5) is 9.57 Å². The molecule has 104 valence electrons. The largest absolute Gasteiger partial charge is 0.508 e. The minimum atomic E-state index is -4.58. The number of hydrogen-bond donors (Lipinski definition) is 1. The number of amides is 1. The van der Waals surface area contributed by atoms with Crippen molar-refractivity contribution in [3.05, 3.63) is 23.8 Å². The summed E-state index contributed by atoms with van der Waals surface area (Å²) in [6.45, 7) is 1.87. The number of aromatic hydroxyl groups is 1. The van der Waals surface area contributed by atoms with Crippen molar-refractivity contribution in [3.63, 3.8) is 0 Å². The van der Waals surface area contributed by atoms with Crippen LogP contribution in [0.5, 0.6) is 5.75 Å². The fraction of sp³-hybridized carbons (Fsp3) is 0.417. The Labute approximate surface area is 110 Å². The lowest BCUT2D eigenvalue weighted by atomic mass is 10.1. The van der Waals surface area contributed by atoms with Crippen LogP contribution in [-0.4, -0.2) is 31.7 Å². The third kappa shape index (κ3) is 3.23. The standard InChI is InChI=1S/C12H14FNO4S/c1-8-2-3-10(5-11(8)15)14-6-9(4-12(14)16)7-19(13,17)18/h2-3,5,9,15H,4,6-7H2,1H3. The second-order valence-electron chi connectivity index (χ2n) is 4.75.